The van der Waals surface area contributed by atoms with E-state index in [1.165, 1.54) is 11.1 Å². The fourth-order valence-electron chi connectivity index (χ4n) is 11.2. The topological polar surface area (TPSA) is 59.0 Å². The van der Waals surface area contributed by atoms with Gasteiger partial charge in [0.2, 0.25) is 0 Å². The lowest BCUT2D eigenvalue weighted by molar-refractivity contribution is 0.572. The Kier molecular flexibility index (Phi) is 9.01. The van der Waals surface area contributed by atoms with Crippen LogP contribution in [0.15, 0.2) is 212 Å². The van der Waals surface area contributed by atoms with E-state index >= 15 is 0 Å². The van der Waals surface area contributed by atoms with Crippen LogP contribution in [0.4, 0.5) is 34.1 Å². The summed E-state index contributed by atoms with van der Waals surface area (Å²) in [5.74, 6) is 0. The van der Waals surface area contributed by atoms with E-state index in [2.05, 4.69) is 239 Å². The fraction of sp³-hybridized carbons (Fsp3) is 0.121. The van der Waals surface area contributed by atoms with Gasteiger partial charge in [-0.2, -0.15) is 0 Å². The van der Waals surface area contributed by atoms with Crippen molar-refractivity contribution in [2.24, 2.45) is 0 Å². The summed E-state index contributed by atoms with van der Waals surface area (Å²) in [5.41, 5.74) is 15.0. The van der Waals surface area contributed by atoms with Crippen molar-refractivity contribution in [2.75, 3.05) is 9.80 Å². The normalized spacial score (nSPS) is 12.6. The molecule has 6 nitrogen and oxygen atoms in total. The summed E-state index contributed by atoms with van der Waals surface area (Å²) in [6.45, 7) is 13.4. The van der Waals surface area contributed by atoms with Crippen molar-refractivity contribution in [1.29, 1.82) is 0 Å². The van der Waals surface area contributed by atoms with E-state index < -0.39 is 0 Å². The molecular weight excluding hydrogens is 885 g/mol. The molecule has 72 heavy (non-hydrogen) atoms. The molecule has 0 amide bonds. The average molecular weight is 935 g/mol. The van der Waals surface area contributed by atoms with Crippen LogP contribution in [0.5, 0.6) is 0 Å². The van der Waals surface area contributed by atoms with Crippen LogP contribution in [0.3, 0.4) is 0 Å². The second kappa shape index (κ2) is 15.4. The molecule has 0 aliphatic heterocycles. The van der Waals surface area contributed by atoms with E-state index in [1.54, 1.807) is 0 Å². The summed E-state index contributed by atoms with van der Waals surface area (Å²) in [6.07, 6.45) is 0. The van der Waals surface area contributed by atoms with Crippen molar-refractivity contribution in [3.8, 4) is 0 Å². The van der Waals surface area contributed by atoms with Crippen LogP contribution in [0.25, 0.3) is 98.5 Å². The number of para-hydroxylation sites is 6. The van der Waals surface area contributed by atoms with Crippen LogP contribution in [-0.4, -0.2) is 0 Å². The van der Waals surface area contributed by atoms with Gasteiger partial charge in [0.15, 0.2) is 11.2 Å². The van der Waals surface area contributed by atoms with Crippen LogP contribution in [0, 0.1) is 0 Å². The molecule has 0 aliphatic carbocycles. The van der Waals surface area contributed by atoms with Gasteiger partial charge < -0.3 is 27.5 Å². The summed E-state index contributed by atoms with van der Waals surface area (Å²) in [6, 6.07) is 68.7. The van der Waals surface area contributed by atoms with E-state index in [4.69, 9.17) is 17.7 Å². The minimum Gasteiger partial charge on any atom is -0.456 e. The highest BCUT2D eigenvalue weighted by atomic mass is 16.3. The third-order valence-electron chi connectivity index (χ3n) is 14.6. The van der Waals surface area contributed by atoms with Crippen molar-refractivity contribution in [2.45, 2.75) is 52.4 Å². The van der Waals surface area contributed by atoms with Gasteiger partial charge in [0.25, 0.3) is 0 Å². The zero-order chi connectivity index (χ0) is 48.6. The van der Waals surface area contributed by atoms with Crippen LogP contribution in [0.1, 0.15) is 52.7 Å². The Bertz CT molecular complexity index is 4300. The third-order valence-corrected chi connectivity index (χ3v) is 14.6. The van der Waals surface area contributed by atoms with Gasteiger partial charge in [-0.05, 0) is 107 Å². The molecule has 0 N–H and O–H groups in total. The number of nitrogens with zero attached hydrogens (tertiary/aromatic N) is 2. The first-order chi connectivity index (χ1) is 34.9. The molecule has 0 saturated heterocycles. The van der Waals surface area contributed by atoms with Gasteiger partial charge >= 0.3 is 0 Å². The maximum absolute atomic E-state index is 6.91. The lowest BCUT2D eigenvalue weighted by atomic mass is 9.86. The molecule has 6 heteroatoms. The lowest BCUT2D eigenvalue weighted by Crippen LogP contribution is -2.11. The van der Waals surface area contributed by atoms with Crippen LogP contribution in [-0.2, 0) is 10.8 Å². The molecule has 0 bridgehead atoms. The molecule has 10 aromatic carbocycles. The van der Waals surface area contributed by atoms with Crippen LogP contribution in [0.2, 0.25) is 0 Å². The van der Waals surface area contributed by atoms with E-state index in [1.807, 2.05) is 6.07 Å². The number of fused-ring (bicyclic) bond motifs is 13. The number of rotatable bonds is 6. The Labute approximate surface area is 415 Å². The van der Waals surface area contributed by atoms with Crippen molar-refractivity contribution >= 4 is 133 Å². The number of anilines is 6. The van der Waals surface area contributed by atoms with Crippen molar-refractivity contribution < 1.29 is 17.7 Å². The second-order valence-electron chi connectivity index (χ2n) is 21.3. The van der Waals surface area contributed by atoms with Gasteiger partial charge in [-0.25, -0.2) is 0 Å². The minimum atomic E-state index is -0.0820. The number of benzene rings is 10. The predicted octanol–water partition coefficient (Wildman–Crippen LogP) is 20.0. The van der Waals surface area contributed by atoms with Gasteiger partial charge in [0.1, 0.15) is 33.5 Å². The summed E-state index contributed by atoms with van der Waals surface area (Å²) in [5, 5.41) is 10.7. The largest absolute Gasteiger partial charge is 0.456 e. The van der Waals surface area contributed by atoms with E-state index in [9.17, 15) is 0 Å². The maximum atomic E-state index is 6.91. The number of hydrogen-bond acceptors (Lipinski definition) is 6. The summed E-state index contributed by atoms with van der Waals surface area (Å²) >= 11 is 0. The first-order valence-electron chi connectivity index (χ1n) is 24.8. The van der Waals surface area contributed by atoms with E-state index in [0.717, 1.165) is 133 Å². The minimum absolute atomic E-state index is 0.0775. The molecule has 0 radical (unpaired) electrons. The Hall–Kier alpha value is -8.74. The van der Waals surface area contributed by atoms with Crippen molar-refractivity contribution in [1.82, 2.24) is 0 Å². The molecule has 14 aromatic rings. The molecule has 0 aliphatic rings. The highest BCUT2D eigenvalue weighted by Gasteiger charge is 2.27. The fourth-order valence-corrected chi connectivity index (χ4v) is 11.2. The molecule has 0 atom stereocenters. The van der Waals surface area contributed by atoms with Crippen molar-refractivity contribution in [3.63, 3.8) is 0 Å². The Morgan fingerprint density at radius 1 is 0.278 bits per heavy atom. The first kappa shape index (κ1) is 42.2. The molecular formula is C66H50N2O4. The molecule has 0 spiro atoms. The number of hydrogen-bond donors (Lipinski definition) is 0. The molecule has 14 rings (SSSR count). The third kappa shape index (κ3) is 6.48. The molecule has 4 aromatic heterocycles. The van der Waals surface area contributed by atoms with E-state index in [0.29, 0.717) is 0 Å². The maximum Gasteiger partial charge on any atom is 0.159 e. The zero-order valence-corrected chi connectivity index (χ0v) is 41.0. The Balaban J connectivity index is 0.874. The quantitative estimate of drug-likeness (QED) is 0.166. The molecule has 4 heterocycles. The number of furan rings is 4. The van der Waals surface area contributed by atoms with Crippen LogP contribution < -0.4 is 9.80 Å². The van der Waals surface area contributed by atoms with Gasteiger partial charge in [0.05, 0.1) is 17.1 Å². The van der Waals surface area contributed by atoms with Gasteiger partial charge in [-0.1, -0.05) is 145 Å². The second-order valence-corrected chi connectivity index (χ2v) is 21.3. The van der Waals surface area contributed by atoms with Gasteiger partial charge in [-0.3, -0.25) is 0 Å². The SMILES string of the molecule is CC(C)(C)c1cccc2c1oc1c(N(c3ccccc3)c3ccc4cc5c(cc4c3)oc3cc4c(cc35)oc3cc(N(c5ccccc5)c5cccc6c5oc5c(C(C)(C)C)cccc56)ccc34)cccc12. The molecule has 0 saturated carbocycles. The van der Waals surface area contributed by atoms with Gasteiger partial charge in [0, 0.05) is 77.3 Å². The first-order valence-corrected chi connectivity index (χ1v) is 24.8. The van der Waals surface area contributed by atoms with Crippen molar-refractivity contribution in [3.05, 3.63) is 205 Å². The summed E-state index contributed by atoms with van der Waals surface area (Å²) in [4.78, 5) is 4.57. The lowest BCUT2D eigenvalue weighted by Gasteiger charge is -2.25. The Morgan fingerprint density at radius 2 is 0.708 bits per heavy atom. The van der Waals surface area contributed by atoms with Gasteiger partial charge in [-0.15, -0.1) is 0 Å². The monoisotopic (exact) mass is 934 g/mol. The van der Waals surface area contributed by atoms with E-state index in [-0.39, 0.29) is 10.8 Å². The zero-order valence-electron chi connectivity index (χ0n) is 41.0. The summed E-state index contributed by atoms with van der Waals surface area (Å²) < 4.78 is 27.4. The molecule has 0 fully saturated rings. The highest BCUT2D eigenvalue weighted by Crippen LogP contribution is 2.48. The Morgan fingerprint density at radius 3 is 1.24 bits per heavy atom. The smallest absolute Gasteiger partial charge is 0.159 e. The standard InChI is InChI=1S/C66H50N2O4/c1-65(2,3)53-25-13-21-46-48-23-15-27-55(63(48)71-61(46)53)67(41-17-9-7-10-18-41)43-30-29-39-34-50-52-38-59-51(37-60(52)69-57(50)35-40(39)33-43)45-32-31-44(36-58(45)70-59)68(42-19-11-8-12-20-42)56-28-16-24-49-47-22-14-26-54(66(4,5)6)62(47)72-64(49)56/h7-38H,1-6H3. The molecule has 348 valence electrons. The average Bonchev–Trinajstić information content (AvgIpc) is 4.15. The van der Waals surface area contributed by atoms with Crippen LogP contribution >= 0.6 is 0 Å². The highest BCUT2D eigenvalue weighted by molar-refractivity contribution is 6.18. The molecule has 0 unspecified atom stereocenters. The summed E-state index contributed by atoms with van der Waals surface area (Å²) in [7, 11) is 0. The predicted molar refractivity (Wildman–Crippen MR) is 300 cm³/mol.